The summed E-state index contributed by atoms with van der Waals surface area (Å²) in [6.45, 7) is 1.03. The quantitative estimate of drug-likeness (QED) is 0.645. The van der Waals surface area contributed by atoms with Gasteiger partial charge in [0.05, 0.1) is 12.1 Å². The van der Waals surface area contributed by atoms with E-state index in [1.165, 1.54) is 26.5 Å². The third-order valence-corrected chi connectivity index (χ3v) is 5.30. The first-order valence-electron chi connectivity index (χ1n) is 7.60. The van der Waals surface area contributed by atoms with E-state index in [1.54, 1.807) is 18.9 Å². The lowest BCUT2D eigenvalue weighted by atomic mass is 9.96. The number of hydrogen-bond acceptors (Lipinski definition) is 3. The van der Waals surface area contributed by atoms with Crippen molar-refractivity contribution in [2.45, 2.75) is 16.2 Å². The number of benzene rings is 2. The average Bonchev–Trinajstić information content (AvgIpc) is 2.54. The maximum atomic E-state index is 6.37. The number of ether oxygens (including phenoxy) is 1. The topological polar surface area (TPSA) is 12.5 Å². The fourth-order valence-corrected chi connectivity index (χ4v) is 4.07. The molecule has 0 atom stereocenters. The van der Waals surface area contributed by atoms with E-state index in [4.69, 9.17) is 16.3 Å². The van der Waals surface area contributed by atoms with Gasteiger partial charge in [0.2, 0.25) is 0 Å². The van der Waals surface area contributed by atoms with Crippen molar-refractivity contribution < 1.29 is 4.74 Å². The molecule has 120 valence electrons. The molecule has 1 heterocycles. The molecule has 0 aliphatic carbocycles. The highest BCUT2D eigenvalue weighted by Crippen LogP contribution is 2.48. The van der Waals surface area contributed by atoms with Gasteiger partial charge in [-0.2, -0.15) is 0 Å². The van der Waals surface area contributed by atoms with E-state index in [0.717, 1.165) is 18.7 Å². The molecule has 0 saturated heterocycles. The molecule has 0 bridgehead atoms. The van der Waals surface area contributed by atoms with E-state index in [0.29, 0.717) is 5.02 Å². The lowest BCUT2D eigenvalue weighted by Crippen LogP contribution is -2.12. The predicted octanol–water partition coefficient (Wildman–Crippen LogP) is 5.20. The lowest BCUT2D eigenvalue weighted by Gasteiger charge is -2.23. The average molecular weight is 346 g/mol. The minimum Gasteiger partial charge on any atom is -0.495 e. The lowest BCUT2D eigenvalue weighted by molar-refractivity contribution is 0.414. The number of methoxy groups -OCH3 is 1. The first kappa shape index (κ1) is 16.4. The van der Waals surface area contributed by atoms with Crippen LogP contribution in [0.3, 0.4) is 0 Å². The number of rotatable bonds is 4. The molecule has 0 amide bonds. The van der Waals surface area contributed by atoms with Crippen molar-refractivity contribution in [1.29, 1.82) is 0 Å². The van der Waals surface area contributed by atoms with Crippen LogP contribution >= 0.6 is 23.4 Å². The highest BCUT2D eigenvalue weighted by atomic mass is 35.5. The Hall–Kier alpha value is -1.42. The Morgan fingerprint density at radius 3 is 2.65 bits per heavy atom. The Morgan fingerprint density at radius 2 is 1.91 bits per heavy atom. The summed E-state index contributed by atoms with van der Waals surface area (Å²) in [5.41, 5.74) is 3.74. The molecule has 0 aromatic heterocycles. The molecular weight excluding hydrogens is 326 g/mol. The molecule has 1 aliphatic heterocycles. The van der Waals surface area contributed by atoms with Gasteiger partial charge in [0.15, 0.2) is 0 Å². The van der Waals surface area contributed by atoms with Crippen molar-refractivity contribution in [2.24, 2.45) is 0 Å². The Labute approximate surface area is 147 Å². The third kappa shape index (κ3) is 3.42. The second-order valence-corrected chi connectivity index (χ2v) is 7.28. The van der Waals surface area contributed by atoms with Crippen LogP contribution in [0, 0.1) is 0 Å². The number of halogens is 1. The van der Waals surface area contributed by atoms with Crippen molar-refractivity contribution in [3.05, 3.63) is 58.6 Å². The zero-order valence-electron chi connectivity index (χ0n) is 13.6. The molecule has 0 saturated carbocycles. The largest absolute Gasteiger partial charge is 0.495 e. The van der Waals surface area contributed by atoms with Crippen LogP contribution < -0.4 is 4.74 Å². The fraction of sp³-hybridized carbons (Fsp3) is 0.263. The van der Waals surface area contributed by atoms with E-state index in [9.17, 15) is 0 Å². The van der Waals surface area contributed by atoms with Crippen LogP contribution in [-0.4, -0.2) is 32.6 Å². The van der Waals surface area contributed by atoms with Gasteiger partial charge in [-0.15, -0.1) is 0 Å². The Balaban J connectivity index is 2.09. The highest BCUT2D eigenvalue weighted by molar-refractivity contribution is 7.99. The standard InChI is InChI=1S/C19H20ClNOS/c1-21(2)10-6-8-13-14-7-4-5-9-18(14)23-19-12-17(22-3)16(20)11-15(13)19/h4-5,7-9,11-12H,6,10H2,1-3H3/b13-8-. The summed E-state index contributed by atoms with van der Waals surface area (Å²) in [4.78, 5) is 4.67. The monoisotopic (exact) mass is 345 g/mol. The van der Waals surface area contributed by atoms with Crippen LogP contribution in [0.2, 0.25) is 5.02 Å². The Kier molecular flexibility index (Phi) is 5.00. The normalized spacial score (nSPS) is 14.7. The molecule has 0 spiro atoms. The van der Waals surface area contributed by atoms with Gasteiger partial charge in [-0.1, -0.05) is 47.6 Å². The van der Waals surface area contributed by atoms with Crippen molar-refractivity contribution in [3.8, 4) is 5.75 Å². The summed E-state index contributed by atoms with van der Waals surface area (Å²) in [7, 11) is 5.85. The van der Waals surface area contributed by atoms with E-state index in [2.05, 4.69) is 49.3 Å². The van der Waals surface area contributed by atoms with Crippen LogP contribution in [0.25, 0.3) is 5.57 Å². The van der Waals surface area contributed by atoms with E-state index >= 15 is 0 Å². The first-order chi connectivity index (χ1) is 11.1. The fourth-order valence-electron chi connectivity index (χ4n) is 2.71. The summed E-state index contributed by atoms with van der Waals surface area (Å²) in [5.74, 6) is 0.727. The zero-order valence-corrected chi connectivity index (χ0v) is 15.2. The van der Waals surface area contributed by atoms with Crippen LogP contribution in [0.4, 0.5) is 0 Å². The van der Waals surface area contributed by atoms with E-state index in [-0.39, 0.29) is 0 Å². The Morgan fingerprint density at radius 1 is 1.13 bits per heavy atom. The van der Waals surface area contributed by atoms with E-state index < -0.39 is 0 Å². The molecule has 0 fully saturated rings. The third-order valence-electron chi connectivity index (χ3n) is 3.87. The van der Waals surface area contributed by atoms with Crippen LogP contribution in [0.15, 0.2) is 52.3 Å². The summed E-state index contributed by atoms with van der Waals surface area (Å²) >= 11 is 8.14. The zero-order chi connectivity index (χ0) is 16.4. The molecule has 2 nitrogen and oxygen atoms in total. The Bertz CT molecular complexity index is 755. The van der Waals surface area contributed by atoms with Gasteiger partial charge in [-0.3, -0.25) is 0 Å². The molecule has 3 rings (SSSR count). The molecule has 4 heteroatoms. The minimum absolute atomic E-state index is 0.657. The number of nitrogens with zero attached hydrogens (tertiary/aromatic N) is 1. The van der Waals surface area contributed by atoms with Gasteiger partial charge >= 0.3 is 0 Å². The smallest absolute Gasteiger partial charge is 0.138 e. The summed E-state index contributed by atoms with van der Waals surface area (Å²) in [6, 6.07) is 12.6. The van der Waals surface area contributed by atoms with Crippen LogP contribution in [-0.2, 0) is 0 Å². The SMILES string of the molecule is COc1cc2c(cc1Cl)/C(=C\CCN(C)C)c1ccccc1S2. The van der Waals surface area contributed by atoms with Crippen molar-refractivity contribution in [2.75, 3.05) is 27.7 Å². The van der Waals surface area contributed by atoms with Crippen molar-refractivity contribution >= 4 is 28.9 Å². The maximum Gasteiger partial charge on any atom is 0.138 e. The maximum absolute atomic E-state index is 6.37. The van der Waals surface area contributed by atoms with Crippen molar-refractivity contribution in [3.63, 3.8) is 0 Å². The van der Waals surface area contributed by atoms with Crippen LogP contribution in [0.1, 0.15) is 17.5 Å². The predicted molar refractivity (Wildman–Crippen MR) is 98.8 cm³/mol. The molecule has 2 aromatic carbocycles. The van der Waals surface area contributed by atoms with Gasteiger partial charge in [-0.05, 0) is 55.4 Å². The van der Waals surface area contributed by atoms with Gasteiger partial charge in [0.1, 0.15) is 5.75 Å². The second kappa shape index (κ2) is 7.00. The highest BCUT2D eigenvalue weighted by Gasteiger charge is 2.22. The van der Waals surface area contributed by atoms with E-state index in [1.807, 2.05) is 12.1 Å². The van der Waals surface area contributed by atoms with Gasteiger partial charge < -0.3 is 9.64 Å². The second-order valence-electron chi connectivity index (χ2n) is 5.79. The molecule has 1 aliphatic rings. The summed E-state index contributed by atoms with van der Waals surface area (Å²) in [5, 5.41) is 0.657. The molecule has 0 radical (unpaired) electrons. The summed E-state index contributed by atoms with van der Waals surface area (Å²) < 4.78 is 5.38. The first-order valence-corrected chi connectivity index (χ1v) is 8.79. The number of hydrogen-bond donors (Lipinski definition) is 0. The van der Waals surface area contributed by atoms with Crippen LogP contribution in [0.5, 0.6) is 5.75 Å². The van der Waals surface area contributed by atoms with Gasteiger partial charge in [0.25, 0.3) is 0 Å². The molecule has 0 N–H and O–H groups in total. The summed E-state index contributed by atoms with van der Waals surface area (Å²) in [6.07, 6.45) is 3.32. The minimum atomic E-state index is 0.657. The number of fused-ring (bicyclic) bond motifs is 2. The van der Waals surface area contributed by atoms with Gasteiger partial charge in [-0.25, -0.2) is 0 Å². The molecular formula is C19H20ClNOS. The molecule has 0 unspecified atom stereocenters. The molecule has 2 aromatic rings. The molecule has 23 heavy (non-hydrogen) atoms. The van der Waals surface area contributed by atoms with Gasteiger partial charge in [0, 0.05) is 16.3 Å². The van der Waals surface area contributed by atoms with Crippen molar-refractivity contribution in [1.82, 2.24) is 4.90 Å².